The van der Waals surface area contributed by atoms with Gasteiger partial charge in [-0.3, -0.25) is 4.90 Å². The van der Waals surface area contributed by atoms with Crippen LogP contribution in [0.25, 0.3) is 0 Å². The van der Waals surface area contributed by atoms with Gasteiger partial charge in [0.1, 0.15) is 13.3 Å². The maximum atomic E-state index is 12.3. The minimum atomic E-state index is -0.403. The third-order valence-corrected chi connectivity index (χ3v) is 4.52. The quantitative estimate of drug-likeness (QED) is 0.472. The van der Waals surface area contributed by atoms with E-state index in [4.69, 9.17) is 18.9 Å². The van der Waals surface area contributed by atoms with Gasteiger partial charge in [0.25, 0.3) is 0 Å². The summed E-state index contributed by atoms with van der Waals surface area (Å²) in [6.45, 7) is 10.7. The summed E-state index contributed by atoms with van der Waals surface area (Å²) in [6.07, 6.45) is 1.53. The first-order chi connectivity index (χ1) is 13.4. The predicted molar refractivity (Wildman–Crippen MR) is 104 cm³/mol. The van der Waals surface area contributed by atoms with Crippen molar-refractivity contribution in [2.45, 2.75) is 46.2 Å². The Morgan fingerprint density at radius 3 is 2.64 bits per heavy atom. The molecular formula is C21H29NO6. The van der Waals surface area contributed by atoms with Crippen LogP contribution in [0, 0.1) is 0 Å². The molecule has 7 heteroatoms. The number of benzene rings is 1. The number of carbonyl (C=O) groups excluding carboxylic acids is 2. The van der Waals surface area contributed by atoms with Gasteiger partial charge < -0.3 is 18.9 Å². The van der Waals surface area contributed by atoms with Crippen LogP contribution in [-0.2, 0) is 20.8 Å². The van der Waals surface area contributed by atoms with Crippen LogP contribution in [0.3, 0.4) is 0 Å². The van der Waals surface area contributed by atoms with Crippen molar-refractivity contribution in [2.75, 3.05) is 27.1 Å². The van der Waals surface area contributed by atoms with Crippen LogP contribution in [0.15, 0.2) is 24.3 Å². The highest BCUT2D eigenvalue weighted by atomic mass is 16.5. The smallest absolute Gasteiger partial charge is 0.338 e. The Hall–Kier alpha value is -2.54. The average molecular weight is 391 g/mol. The molecule has 154 valence electrons. The fourth-order valence-electron chi connectivity index (χ4n) is 2.91. The van der Waals surface area contributed by atoms with Crippen molar-refractivity contribution in [1.82, 2.24) is 4.90 Å². The van der Waals surface area contributed by atoms with Crippen LogP contribution in [0.5, 0.6) is 11.5 Å². The van der Waals surface area contributed by atoms with Crippen molar-refractivity contribution in [1.29, 1.82) is 0 Å². The first kappa shape index (κ1) is 21.8. The molecule has 0 radical (unpaired) electrons. The topological polar surface area (TPSA) is 74.3 Å². The van der Waals surface area contributed by atoms with Crippen LogP contribution in [0.4, 0.5) is 0 Å². The Labute approximate surface area is 166 Å². The summed E-state index contributed by atoms with van der Waals surface area (Å²) in [4.78, 5) is 26.0. The van der Waals surface area contributed by atoms with Gasteiger partial charge in [-0.05, 0) is 31.9 Å². The standard InChI is InChI=1S/C21H29NO6/c1-6-8-26-21(24)15-9-16-11-22(13-28-19(16)18(10-15)25-5)17(7-2)12-27-20(23)14(3)4/h9-10,17H,3,6-8,11-13H2,1-2,4-5H3. The van der Waals surface area contributed by atoms with E-state index >= 15 is 0 Å². The van der Waals surface area contributed by atoms with Gasteiger partial charge >= 0.3 is 11.9 Å². The van der Waals surface area contributed by atoms with E-state index in [-0.39, 0.29) is 18.6 Å². The third kappa shape index (κ3) is 5.25. The number of esters is 2. The maximum Gasteiger partial charge on any atom is 0.338 e. The van der Waals surface area contributed by atoms with Crippen molar-refractivity contribution < 1.29 is 28.5 Å². The number of fused-ring (bicyclic) bond motifs is 1. The highest BCUT2D eigenvalue weighted by Crippen LogP contribution is 2.37. The second-order valence-corrected chi connectivity index (χ2v) is 6.76. The Balaban J connectivity index is 2.18. The lowest BCUT2D eigenvalue weighted by molar-refractivity contribution is -0.141. The van der Waals surface area contributed by atoms with Crippen LogP contribution in [0.2, 0.25) is 0 Å². The van der Waals surface area contributed by atoms with Gasteiger partial charge in [-0.1, -0.05) is 20.4 Å². The minimum Gasteiger partial charge on any atom is -0.493 e. The first-order valence-electron chi connectivity index (χ1n) is 9.48. The van der Waals surface area contributed by atoms with Crippen LogP contribution >= 0.6 is 0 Å². The molecule has 1 atom stereocenters. The van der Waals surface area contributed by atoms with E-state index < -0.39 is 5.97 Å². The SMILES string of the molecule is C=C(C)C(=O)OCC(CC)N1COc2c(cc(C(=O)OCCC)cc2OC)C1. The van der Waals surface area contributed by atoms with E-state index in [2.05, 4.69) is 11.5 Å². The molecule has 2 rings (SSSR count). The monoisotopic (exact) mass is 391 g/mol. The molecule has 0 saturated heterocycles. The molecular weight excluding hydrogens is 362 g/mol. The third-order valence-electron chi connectivity index (χ3n) is 4.52. The fourth-order valence-corrected chi connectivity index (χ4v) is 2.91. The first-order valence-corrected chi connectivity index (χ1v) is 9.48. The van der Waals surface area contributed by atoms with Gasteiger partial charge in [0.15, 0.2) is 11.5 Å². The van der Waals surface area contributed by atoms with Gasteiger partial charge in [0.05, 0.1) is 19.3 Å². The lowest BCUT2D eigenvalue weighted by atomic mass is 10.1. The zero-order valence-corrected chi connectivity index (χ0v) is 17.1. The molecule has 0 bridgehead atoms. The van der Waals surface area contributed by atoms with E-state index in [1.54, 1.807) is 26.2 Å². The zero-order valence-electron chi connectivity index (χ0n) is 17.1. The summed E-state index contributed by atoms with van der Waals surface area (Å²) in [7, 11) is 1.54. The largest absolute Gasteiger partial charge is 0.493 e. The molecule has 1 unspecified atom stereocenters. The van der Waals surface area contributed by atoms with Gasteiger partial charge in [-0.25, -0.2) is 9.59 Å². The van der Waals surface area contributed by atoms with E-state index in [9.17, 15) is 9.59 Å². The Kier molecular flexibility index (Phi) is 7.87. The molecule has 1 aromatic rings. The molecule has 28 heavy (non-hydrogen) atoms. The lowest BCUT2D eigenvalue weighted by Crippen LogP contribution is -2.43. The highest BCUT2D eigenvalue weighted by molar-refractivity contribution is 5.90. The van der Waals surface area contributed by atoms with Crippen molar-refractivity contribution >= 4 is 11.9 Å². The summed E-state index contributed by atoms with van der Waals surface area (Å²) < 4.78 is 21.9. The number of hydrogen-bond donors (Lipinski definition) is 0. The van der Waals surface area contributed by atoms with Crippen LogP contribution < -0.4 is 9.47 Å². The predicted octanol–water partition coefficient (Wildman–Crippen LogP) is 3.31. The zero-order chi connectivity index (χ0) is 20.7. The number of hydrogen-bond acceptors (Lipinski definition) is 7. The van der Waals surface area contributed by atoms with Crippen molar-refractivity contribution in [3.63, 3.8) is 0 Å². The molecule has 1 aromatic carbocycles. The molecule has 0 fully saturated rings. The van der Waals surface area contributed by atoms with Crippen LogP contribution in [0.1, 0.15) is 49.5 Å². The lowest BCUT2D eigenvalue weighted by Gasteiger charge is -2.35. The normalized spacial score (nSPS) is 14.4. The minimum absolute atomic E-state index is 0.0156. The van der Waals surface area contributed by atoms with Gasteiger partial charge in [-0.15, -0.1) is 0 Å². The number of carbonyl (C=O) groups is 2. The van der Waals surface area contributed by atoms with Gasteiger partial charge in [0, 0.05) is 23.7 Å². The van der Waals surface area contributed by atoms with Crippen molar-refractivity contribution in [3.8, 4) is 11.5 Å². The summed E-state index contributed by atoms with van der Waals surface area (Å²) in [5.41, 5.74) is 1.63. The molecule has 1 heterocycles. The van der Waals surface area contributed by atoms with E-state index in [0.717, 1.165) is 18.4 Å². The second-order valence-electron chi connectivity index (χ2n) is 6.76. The van der Waals surface area contributed by atoms with Crippen molar-refractivity contribution in [2.24, 2.45) is 0 Å². The molecule has 0 N–H and O–H groups in total. The average Bonchev–Trinajstić information content (AvgIpc) is 2.70. The molecule has 7 nitrogen and oxygen atoms in total. The summed E-state index contributed by atoms with van der Waals surface area (Å²) >= 11 is 0. The molecule has 1 aliphatic rings. The molecule has 0 amide bonds. The highest BCUT2D eigenvalue weighted by Gasteiger charge is 2.28. The van der Waals surface area contributed by atoms with Crippen molar-refractivity contribution in [3.05, 3.63) is 35.4 Å². The molecule has 0 aromatic heterocycles. The number of methoxy groups -OCH3 is 1. The van der Waals surface area contributed by atoms with Gasteiger partial charge in [-0.2, -0.15) is 0 Å². The number of rotatable bonds is 9. The molecule has 0 saturated carbocycles. The number of nitrogens with zero attached hydrogens (tertiary/aromatic N) is 1. The maximum absolute atomic E-state index is 12.3. The summed E-state index contributed by atoms with van der Waals surface area (Å²) in [5, 5.41) is 0. The van der Waals surface area contributed by atoms with E-state index in [1.165, 1.54) is 0 Å². The van der Waals surface area contributed by atoms with E-state index in [0.29, 0.717) is 42.5 Å². The van der Waals surface area contributed by atoms with Gasteiger partial charge in [0.2, 0.25) is 0 Å². The molecule has 0 spiro atoms. The Morgan fingerprint density at radius 1 is 1.29 bits per heavy atom. The Morgan fingerprint density at radius 2 is 2.04 bits per heavy atom. The molecule has 1 aliphatic heterocycles. The number of ether oxygens (including phenoxy) is 4. The molecule has 0 aliphatic carbocycles. The second kappa shape index (κ2) is 10.1. The van der Waals surface area contributed by atoms with Crippen LogP contribution in [-0.4, -0.2) is 49.9 Å². The summed E-state index contributed by atoms with van der Waals surface area (Å²) in [5.74, 6) is 0.337. The Bertz CT molecular complexity index is 730. The fraction of sp³-hybridized carbons (Fsp3) is 0.524. The van der Waals surface area contributed by atoms with E-state index in [1.807, 2.05) is 13.8 Å². The summed E-state index contributed by atoms with van der Waals surface area (Å²) in [6, 6.07) is 3.39.